The Hall–Kier alpha value is -0.960. The summed E-state index contributed by atoms with van der Waals surface area (Å²) in [6, 6.07) is 7.36. The molecule has 0 bridgehead atoms. The standard InChI is InChI=1S/C12H17O2S/c1-4-14-11-7-5-10(6-8-11)12(13)9-15(2)3/h5-8H,4,9H2,1-3H3/q+1. The lowest BCUT2D eigenvalue weighted by molar-refractivity contribution is 0.102. The van der Waals surface area contributed by atoms with Crippen LogP contribution in [0.5, 0.6) is 5.75 Å². The summed E-state index contributed by atoms with van der Waals surface area (Å²) in [7, 11) is 0.164. The lowest BCUT2D eigenvalue weighted by atomic mass is 10.1. The summed E-state index contributed by atoms with van der Waals surface area (Å²) in [6.07, 6.45) is 4.15. The van der Waals surface area contributed by atoms with Gasteiger partial charge in [0.15, 0.2) is 5.75 Å². The molecule has 0 amide bonds. The van der Waals surface area contributed by atoms with Crippen LogP contribution < -0.4 is 4.74 Å². The van der Waals surface area contributed by atoms with Crippen LogP contribution in [0.4, 0.5) is 0 Å². The van der Waals surface area contributed by atoms with E-state index in [9.17, 15) is 4.79 Å². The van der Waals surface area contributed by atoms with Gasteiger partial charge < -0.3 is 4.74 Å². The number of hydrogen-bond acceptors (Lipinski definition) is 2. The van der Waals surface area contributed by atoms with E-state index in [1.807, 2.05) is 31.2 Å². The van der Waals surface area contributed by atoms with Gasteiger partial charge in [0, 0.05) is 5.56 Å². The molecule has 2 nitrogen and oxygen atoms in total. The zero-order chi connectivity index (χ0) is 11.3. The summed E-state index contributed by atoms with van der Waals surface area (Å²) in [5.74, 6) is 1.67. The molecule has 0 aliphatic carbocycles. The van der Waals surface area contributed by atoms with Gasteiger partial charge in [-0.05, 0) is 42.1 Å². The number of carbonyl (C=O) groups excluding carboxylic acids is 1. The predicted octanol–water partition coefficient (Wildman–Crippen LogP) is 2.15. The van der Waals surface area contributed by atoms with E-state index in [1.54, 1.807) is 0 Å². The second-order valence-electron chi connectivity index (χ2n) is 3.51. The van der Waals surface area contributed by atoms with Gasteiger partial charge in [0.2, 0.25) is 5.78 Å². The van der Waals surface area contributed by atoms with Crippen LogP contribution in [0.2, 0.25) is 0 Å². The Kier molecular flexibility index (Phi) is 4.69. The van der Waals surface area contributed by atoms with Crippen molar-refractivity contribution in [1.82, 2.24) is 0 Å². The van der Waals surface area contributed by atoms with Crippen LogP contribution in [0.15, 0.2) is 24.3 Å². The molecule has 82 valence electrons. The Balaban J connectivity index is 2.67. The van der Waals surface area contributed by atoms with E-state index >= 15 is 0 Å². The first-order valence-electron chi connectivity index (χ1n) is 4.93. The highest BCUT2D eigenvalue weighted by molar-refractivity contribution is 7.96. The van der Waals surface area contributed by atoms with Crippen LogP contribution in [-0.2, 0) is 10.9 Å². The Bertz CT molecular complexity index is 317. The van der Waals surface area contributed by atoms with Crippen LogP contribution in [0, 0.1) is 0 Å². The van der Waals surface area contributed by atoms with E-state index < -0.39 is 0 Å². The summed E-state index contributed by atoms with van der Waals surface area (Å²) in [5.41, 5.74) is 0.777. The highest BCUT2D eigenvalue weighted by Gasteiger charge is 2.13. The normalized spacial score (nSPS) is 10.4. The van der Waals surface area contributed by atoms with Crippen molar-refractivity contribution in [2.75, 3.05) is 24.9 Å². The van der Waals surface area contributed by atoms with Crippen LogP contribution in [0.1, 0.15) is 17.3 Å². The van der Waals surface area contributed by atoms with Gasteiger partial charge in [-0.2, -0.15) is 0 Å². The number of hydrogen-bond donors (Lipinski definition) is 0. The molecule has 0 spiro atoms. The molecule has 15 heavy (non-hydrogen) atoms. The number of Topliss-reactive ketones (excluding diaryl/α,β-unsaturated/α-hetero) is 1. The van der Waals surface area contributed by atoms with Gasteiger partial charge in [0.1, 0.15) is 5.75 Å². The van der Waals surface area contributed by atoms with Crippen LogP contribution >= 0.6 is 0 Å². The fourth-order valence-corrected chi connectivity index (χ4v) is 1.94. The van der Waals surface area contributed by atoms with Gasteiger partial charge in [-0.3, -0.25) is 4.79 Å². The van der Waals surface area contributed by atoms with E-state index in [0.717, 1.165) is 11.3 Å². The average Bonchev–Trinajstić information content (AvgIpc) is 2.18. The maximum atomic E-state index is 11.7. The Morgan fingerprint density at radius 2 is 1.87 bits per heavy atom. The van der Waals surface area contributed by atoms with E-state index in [4.69, 9.17) is 4.74 Å². The molecule has 0 fully saturated rings. The largest absolute Gasteiger partial charge is 0.494 e. The van der Waals surface area contributed by atoms with Crippen molar-refractivity contribution in [3.05, 3.63) is 29.8 Å². The smallest absolute Gasteiger partial charge is 0.211 e. The molecule has 0 heterocycles. The molecule has 0 saturated heterocycles. The molecular formula is C12H17O2S+. The summed E-state index contributed by atoms with van der Waals surface area (Å²) < 4.78 is 5.31. The molecular weight excluding hydrogens is 208 g/mol. The molecule has 0 aliphatic heterocycles. The summed E-state index contributed by atoms with van der Waals surface area (Å²) >= 11 is 0. The van der Waals surface area contributed by atoms with Gasteiger partial charge in [-0.25, -0.2) is 0 Å². The second-order valence-corrected chi connectivity index (χ2v) is 5.77. The van der Waals surface area contributed by atoms with Gasteiger partial charge in [0.25, 0.3) is 0 Å². The molecule has 0 aliphatic rings. The van der Waals surface area contributed by atoms with Crippen molar-refractivity contribution in [3.8, 4) is 5.75 Å². The van der Waals surface area contributed by atoms with Crippen molar-refractivity contribution in [1.29, 1.82) is 0 Å². The SMILES string of the molecule is CCOc1ccc(C(=O)C[S+](C)C)cc1. The first-order valence-corrected chi connectivity index (χ1v) is 7.14. The minimum Gasteiger partial charge on any atom is -0.494 e. The minimum atomic E-state index is 0.164. The molecule has 0 aromatic heterocycles. The third-order valence-corrected chi connectivity index (χ3v) is 2.75. The van der Waals surface area contributed by atoms with Crippen molar-refractivity contribution in [3.63, 3.8) is 0 Å². The molecule has 3 heteroatoms. The Labute approximate surface area is 94.0 Å². The lowest BCUT2D eigenvalue weighted by Crippen LogP contribution is -2.13. The van der Waals surface area contributed by atoms with Crippen LogP contribution in [-0.4, -0.2) is 30.7 Å². The highest BCUT2D eigenvalue weighted by Crippen LogP contribution is 2.12. The zero-order valence-corrected chi connectivity index (χ0v) is 10.3. The maximum Gasteiger partial charge on any atom is 0.211 e. The summed E-state index contributed by atoms with van der Waals surface area (Å²) in [4.78, 5) is 11.7. The molecule has 0 saturated carbocycles. The fraction of sp³-hybridized carbons (Fsp3) is 0.417. The van der Waals surface area contributed by atoms with E-state index in [1.165, 1.54) is 0 Å². The molecule has 0 radical (unpaired) electrons. The van der Waals surface area contributed by atoms with Gasteiger partial charge in [-0.15, -0.1) is 0 Å². The minimum absolute atomic E-state index is 0.164. The third-order valence-electron chi connectivity index (χ3n) is 1.91. The predicted molar refractivity (Wildman–Crippen MR) is 66.0 cm³/mol. The fourth-order valence-electron chi connectivity index (χ4n) is 1.25. The highest BCUT2D eigenvalue weighted by atomic mass is 32.2. The third kappa shape index (κ3) is 3.96. The van der Waals surface area contributed by atoms with E-state index in [2.05, 4.69) is 12.5 Å². The van der Waals surface area contributed by atoms with Crippen molar-refractivity contribution in [2.45, 2.75) is 6.92 Å². The number of ether oxygens (including phenoxy) is 1. The second kappa shape index (κ2) is 5.81. The van der Waals surface area contributed by atoms with E-state index in [0.29, 0.717) is 12.4 Å². The first-order chi connectivity index (χ1) is 7.13. The molecule has 0 N–H and O–H groups in total. The number of rotatable bonds is 5. The molecule has 1 rings (SSSR count). The molecule has 0 atom stereocenters. The lowest BCUT2D eigenvalue weighted by Gasteiger charge is -2.03. The van der Waals surface area contributed by atoms with Crippen molar-refractivity contribution < 1.29 is 9.53 Å². The van der Waals surface area contributed by atoms with Gasteiger partial charge in [0.05, 0.1) is 19.1 Å². The van der Waals surface area contributed by atoms with Crippen molar-refractivity contribution >= 4 is 16.7 Å². The molecule has 1 aromatic rings. The monoisotopic (exact) mass is 225 g/mol. The number of ketones is 1. The number of carbonyl (C=O) groups is 1. The summed E-state index contributed by atoms with van der Waals surface area (Å²) in [5, 5.41) is 0. The quantitative estimate of drug-likeness (QED) is 0.567. The van der Waals surface area contributed by atoms with Gasteiger partial charge >= 0.3 is 0 Å². The Morgan fingerprint density at radius 1 is 1.27 bits per heavy atom. The topological polar surface area (TPSA) is 26.3 Å². The molecule has 1 aromatic carbocycles. The Morgan fingerprint density at radius 3 is 2.33 bits per heavy atom. The average molecular weight is 225 g/mol. The van der Waals surface area contributed by atoms with Gasteiger partial charge in [-0.1, -0.05) is 0 Å². The van der Waals surface area contributed by atoms with E-state index in [-0.39, 0.29) is 16.7 Å². The van der Waals surface area contributed by atoms with Crippen LogP contribution in [0.25, 0.3) is 0 Å². The first kappa shape index (κ1) is 12.1. The van der Waals surface area contributed by atoms with Crippen molar-refractivity contribution in [2.24, 2.45) is 0 Å². The van der Waals surface area contributed by atoms with Crippen LogP contribution in [0.3, 0.4) is 0 Å². The maximum absolute atomic E-state index is 11.7. The summed E-state index contributed by atoms with van der Waals surface area (Å²) in [6.45, 7) is 2.60. The molecule has 0 unspecified atom stereocenters. The number of benzene rings is 1. The zero-order valence-electron chi connectivity index (χ0n) is 9.45.